The van der Waals surface area contributed by atoms with Crippen molar-refractivity contribution in [3.63, 3.8) is 0 Å². The molecule has 8 nitrogen and oxygen atoms in total. The van der Waals surface area contributed by atoms with Gasteiger partial charge in [-0.25, -0.2) is 9.59 Å². The van der Waals surface area contributed by atoms with Gasteiger partial charge < -0.3 is 31.3 Å². The Balaban J connectivity index is 4.17. The molecule has 0 aliphatic carbocycles. The molecule has 0 saturated carbocycles. The smallest absolute Gasteiger partial charge is 0.314 e. The highest BCUT2D eigenvalue weighted by molar-refractivity contribution is 5.74. The summed E-state index contributed by atoms with van der Waals surface area (Å²) < 4.78 is 0. The van der Waals surface area contributed by atoms with Gasteiger partial charge >= 0.3 is 12.1 Å². The topological polar surface area (TPSA) is 106 Å². The summed E-state index contributed by atoms with van der Waals surface area (Å²) in [5.74, 6) is 1.22. The van der Waals surface area contributed by atoms with E-state index in [1.54, 1.807) is 0 Å². The third-order valence-electron chi connectivity index (χ3n) is 11.2. The lowest BCUT2D eigenvalue weighted by Crippen LogP contribution is -2.38. The number of carbonyl (C=O) groups excluding carboxylic acids is 2. The Hall–Kier alpha value is -1.54. The lowest BCUT2D eigenvalue weighted by Gasteiger charge is -2.22. The van der Waals surface area contributed by atoms with Crippen molar-refractivity contribution in [3.8, 4) is 0 Å². The van der Waals surface area contributed by atoms with Gasteiger partial charge in [0, 0.05) is 32.8 Å². The molecule has 0 rings (SSSR count). The van der Waals surface area contributed by atoms with E-state index in [4.69, 9.17) is 0 Å². The number of nitrogens with one attached hydrogen (secondary N) is 4. The summed E-state index contributed by atoms with van der Waals surface area (Å²) in [5, 5.41) is 21.8. The van der Waals surface area contributed by atoms with Crippen molar-refractivity contribution in [2.24, 2.45) is 11.8 Å². The van der Waals surface area contributed by atoms with E-state index in [9.17, 15) is 14.7 Å². The van der Waals surface area contributed by atoms with Gasteiger partial charge in [0.1, 0.15) is 0 Å². The van der Waals surface area contributed by atoms with Gasteiger partial charge in [0.15, 0.2) is 0 Å². The van der Waals surface area contributed by atoms with Crippen LogP contribution in [-0.4, -0.2) is 74.5 Å². The largest absolute Gasteiger partial charge is 0.396 e. The molecule has 5 N–H and O–H groups in total. The van der Waals surface area contributed by atoms with Crippen LogP contribution in [-0.2, 0) is 0 Å². The highest BCUT2D eigenvalue weighted by atomic mass is 16.3. The Labute approximate surface area is 336 Å². The Morgan fingerprint density at radius 3 is 1.06 bits per heavy atom. The van der Waals surface area contributed by atoms with Crippen molar-refractivity contribution in [1.29, 1.82) is 0 Å². The molecule has 0 aromatic carbocycles. The predicted molar refractivity (Wildman–Crippen MR) is 235 cm³/mol. The highest BCUT2D eigenvalue weighted by Gasteiger charge is 2.12. The zero-order valence-electron chi connectivity index (χ0n) is 36.7. The van der Waals surface area contributed by atoms with E-state index >= 15 is 0 Å². The molecule has 54 heavy (non-hydrogen) atoms. The molecule has 0 atom stereocenters. The zero-order valence-corrected chi connectivity index (χ0v) is 36.7. The fraction of sp³-hybridized carbons (Fsp3) is 0.957. The standard InChI is InChI=1S/C46H95N5O3/c1-5-9-13-21-31-43(32-22-14-10-6-2)41-49-45(53)47-35-25-17-19-27-37-51(39-29-30-40-52)38-28-20-18-26-36-48-46(54)50-42-44(33-23-15-11-7-3)34-24-16-12-8-4/h43-44,52H,5-42H2,1-4H3,(H2,47,49,53)(H2,48,50,54). The number of hydrogen-bond acceptors (Lipinski definition) is 4. The minimum atomic E-state index is 0.00126. The van der Waals surface area contributed by atoms with Crippen molar-refractivity contribution in [1.82, 2.24) is 26.2 Å². The zero-order chi connectivity index (χ0) is 39.6. The van der Waals surface area contributed by atoms with E-state index in [0.29, 0.717) is 11.8 Å². The Kier molecular flexibility index (Phi) is 41.4. The molecule has 0 bridgehead atoms. The van der Waals surface area contributed by atoms with Crippen LogP contribution in [0.25, 0.3) is 0 Å². The first kappa shape index (κ1) is 52.5. The molecule has 0 fully saturated rings. The minimum Gasteiger partial charge on any atom is -0.396 e. The summed E-state index contributed by atoms with van der Waals surface area (Å²) in [5.41, 5.74) is 0. The maximum Gasteiger partial charge on any atom is 0.314 e. The van der Waals surface area contributed by atoms with E-state index in [2.05, 4.69) is 53.9 Å². The molecule has 0 radical (unpaired) electrons. The van der Waals surface area contributed by atoms with Crippen LogP contribution < -0.4 is 21.3 Å². The maximum absolute atomic E-state index is 12.5. The number of hydrogen-bond donors (Lipinski definition) is 5. The summed E-state index contributed by atoms with van der Waals surface area (Å²) >= 11 is 0. The third kappa shape index (κ3) is 37.4. The quantitative estimate of drug-likeness (QED) is 0.0399. The van der Waals surface area contributed by atoms with Gasteiger partial charge in [-0.3, -0.25) is 0 Å². The van der Waals surface area contributed by atoms with Gasteiger partial charge in [-0.1, -0.05) is 156 Å². The predicted octanol–water partition coefficient (Wildman–Crippen LogP) is 11.9. The molecular formula is C46H95N5O3. The van der Waals surface area contributed by atoms with Gasteiger partial charge in [0.25, 0.3) is 0 Å². The highest BCUT2D eigenvalue weighted by Crippen LogP contribution is 2.19. The maximum atomic E-state index is 12.5. The number of rotatable bonds is 42. The van der Waals surface area contributed by atoms with Crippen molar-refractivity contribution in [2.75, 3.05) is 52.4 Å². The van der Waals surface area contributed by atoms with Gasteiger partial charge in [0.2, 0.25) is 0 Å². The number of amides is 4. The fourth-order valence-corrected chi connectivity index (χ4v) is 7.55. The van der Waals surface area contributed by atoms with Gasteiger partial charge in [-0.2, -0.15) is 0 Å². The molecular weight excluding hydrogens is 671 g/mol. The molecule has 0 unspecified atom stereocenters. The average Bonchev–Trinajstić information content (AvgIpc) is 3.17. The van der Waals surface area contributed by atoms with Crippen LogP contribution in [0, 0.1) is 11.8 Å². The Morgan fingerprint density at radius 1 is 0.407 bits per heavy atom. The molecule has 0 aromatic rings. The fourth-order valence-electron chi connectivity index (χ4n) is 7.55. The average molecular weight is 766 g/mol. The van der Waals surface area contributed by atoms with E-state index in [1.165, 1.54) is 154 Å². The van der Waals surface area contributed by atoms with Gasteiger partial charge in [-0.15, -0.1) is 0 Å². The molecule has 0 heterocycles. The monoisotopic (exact) mass is 766 g/mol. The molecule has 4 amide bonds. The summed E-state index contributed by atoms with van der Waals surface area (Å²) in [6, 6.07) is 0.00252. The first-order valence-corrected chi connectivity index (χ1v) is 23.9. The summed E-state index contributed by atoms with van der Waals surface area (Å²) in [7, 11) is 0. The molecule has 322 valence electrons. The van der Waals surface area contributed by atoms with Crippen molar-refractivity contribution in [3.05, 3.63) is 0 Å². The number of aliphatic hydroxyl groups is 1. The first-order chi connectivity index (χ1) is 26.5. The minimum absolute atomic E-state index is 0.00126. The summed E-state index contributed by atoms with van der Waals surface area (Å²) in [6.45, 7) is 15.7. The second-order valence-electron chi connectivity index (χ2n) is 16.5. The lowest BCUT2D eigenvalue weighted by molar-refractivity contribution is 0.233. The number of carbonyl (C=O) groups is 2. The van der Waals surface area contributed by atoms with Crippen LogP contribution in [0.3, 0.4) is 0 Å². The lowest BCUT2D eigenvalue weighted by atomic mass is 9.94. The van der Waals surface area contributed by atoms with E-state index in [0.717, 1.165) is 84.3 Å². The summed E-state index contributed by atoms with van der Waals surface area (Å²) in [6.07, 6.45) is 36.7. The first-order valence-electron chi connectivity index (χ1n) is 23.9. The van der Waals surface area contributed by atoms with E-state index < -0.39 is 0 Å². The van der Waals surface area contributed by atoms with Gasteiger partial charge in [0.05, 0.1) is 0 Å². The molecule has 0 spiro atoms. The van der Waals surface area contributed by atoms with Crippen LogP contribution >= 0.6 is 0 Å². The number of nitrogens with zero attached hydrogens (tertiary/aromatic N) is 1. The van der Waals surface area contributed by atoms with Crippen molar-refractivity contribution in [2.45, 2.75) is 220 Å². The van der Waals surface area contributed by atoms with Crippen LogP contribution in [0.1, 0.15) is 220 Å². The Morgan fingerprint density at radius 2 is 0.722 bits per heavy atom. The summed E-state index contributed by atoms with van der Waals surface area (Å²) in [4.78, 5) is 27.6. The van der Waals surface area contributed by atoms with Crippen molar-refractivity contribution < 1.29 is 14.7 Å². The molecule has 0 saturated heterocycles. The third-order valence-corrected chi connectivity index (χ3v) is 11.2. The SMILES string of the molecule is CCCCCCC(CCCCCC)CNC(=O)NCCCCCCN(CCCCO)CCCCCCNC(=O)NCC(CCCCCC)CCCCCC. The number of urea groups is 2. The number of unbranched alkanes of at least 4 members (excludes halogenated alkanes) is 19. The van der Waals surface area contributed by atoms with Crippen molar-refractivity contribution >= 4 is 12.1 Å². The Bertz CT molecular complexity index is 703. The van der Waals surface area contributed by atoms with Crippen LogP contribution in [0.5, 0.6) is 0 Å². The van der Waals surface area contributed by atoms with Gasteiger partial charge in [-0.05, 0) is 95.7 Å². The van der Waals surface area contributed by atoms with Crippen LogP contribution in [0.4, 0.5) is 9.59 Å². The molecule has 0 aromatic heterocycles. The molecule has 8 heteroatoms. The second-order valence-corrected chi connectivity index (χ2v) is 16.5. The second kappa shape index (κ2) is 42.6. The molecule has 0 aliphatic rings. The molecule has 0 aliphatic heterocycles. The van der Waals surface area contributed by atoms with Crippen LogP contribution in [0.15, 0.2) is 0 Å². The number of aliphatic hydroxyl groups excluding tert-OH is 1. The van der Waals surface area contributed by atoms with E-state index in [1.807, 2.05) is 0 Å². The normalized spacial score (nSPS) is 11.6. The van der Waals surface area contributed by atoms with Crippen LogP contribution in [0.2, 0.25) is 0 Å². The van der Waals surface area contributed by atoms with E-state index in [-0.39, 0.29) is 18.7 Å².